The Morgan fingerprint density at radius 2 is 2.40 bits per heavy atom. The number of hydrogen-bond acceptors (Lipinski definition) is 6. The second kappa shape index (κ2) is 4.37. The molecule has 0 unspecified atom stereocenters. The summed E-state index contributed by atoms with van der Waals surface area (Å²) in [7, 11) is 3.70. The van der Waals surface area contributed by atoms with Gasteiger partial charge in [0.2, 0.25) is 0 Å². The van der Waals surface area contributed by atoms with Gasteiger partial charge in [-0.05, 0) is 7.05 Å². The van der Waals surface area contributed by atoms with E-state index < -0.39 is 0 Å². The normalized spacial score (nSPS) is 10.5. The van der Waals surface area contributed by atoms with Crippen molar-refractivity contribution in [3.63, 3.8) is 0 Å². The van der Waals surface area contributed by atoms with Crippen LogP contribution in [-0.2, 0) is 13.6 Å². The van der Waals surface area contributed by atoms with Gasteiger partial charge in [0.25, 0.3) is 5.19 Å². The van der Waals surface area contributed by atoms with Gasteiger partial charge in [0.1, 0.15) is 5.01 Å². The molecule has 0 aliphatic carbocycles. The van der Waals surface area contributed by atoms with Crippen molar-refractivity contribution in [2.24, 2.45) is 7.05 Å². The fraction of sp³-hybridized carbons (Fsp3) is 0.375. The molecule has 0 radical (unpaired) electrons. The van der Waals surface area contributed by atoms with E-state index in [0.29, 0.717) is 17.5 Å². The standard InChI is InChI=1S/C8H11N5OS/c1-9-4-7-11-12-8(15-7)14-6-3-10-13(2)5-6/h3,5,9H,4H2,1-2H3. The zero-order valence-corrected chi connectivity index (χ0v) is 9.28. The second-order valence-corrected chi connectivity index (χ2v) is 3.97. The Balaban J connectivity index is 2.04. The maximum absolute atomic E-state index is 5.46. The smallest absolute Gasteiger partial charge is 0.299 e. The van der Waals surface area contributed by atoms with Gasteiger partial charge in [-0.25, -0.2) is 0 Å². The summed E-state index contributed by atoms with van der Waals surface area (Å²) in [6, 6.07) is 0. The monoisotopic (exact) mass is 225 g/mol. The molecule has 2 heterocycles. The number of aryl methyl sites for hydroxylation is 1. The highest BCUT2D eigenvalue weighted by atomic mass is 32.1. The van der Waals surface area contributed by atoms with Crippen molar-refractivity contribution in [2.75, 3.05) is 7.05 Å². The average Bonchev–Trinajstić information content (AvgIpc) is 2.78. The van der Waals surface area contributed by atoms with Crippen LogP contribution in [-0.4, -0.2) is 27.0 Å². The lowest BCUT2D eigenvalue weighted by atomic mass is 10.7. The van der Waals surface area contributed by atoms with Crippen LogP contribution in [0.15, 0.2) is 12.4 Å². The summed E-state index contributed by atoms with van der Waals surface area (Å²) in [5.74, 6) is 0.671. The van der Waals surface area contributed by atoms with E-state index in [4.69, 9.17) is 4.74 Å². The van der Waals surface area contributed by atoms with Crippen molar-refractivity contribution < 1.29 is 4.74 Å². The molecule has 6 nitrogen and oxygen atoms in total. The maximum Gasteiger partial charge on any atom is 0.299 e. The zero-order chi connectivity index (χ0) is 10.7. The van der Waals surface area contributed by atoms with Crippen molar-refractivity contribution >= 4 is 11.3 Å². The highest BCUT2D eigenvalue weighted by Crippen LogP contribution is 2.23. The number of ether oxygens (including phenoxy) is 1. The van der Waals surface area contributed by atoms with Gasteiger partial charge < -0.3 is 10.1 Å². The largest absolute Gasteiger partial charge is 0.426 e. The molecular formula is C8H11N5OS. The van der Waals surface area contributed by atoms with Crippen LogP contribution < -0.4 is 10.1 Å². The van der Waals surface area contributed by atoms with Gasteiger partial charge in [-0.15, -0.1) is 5.10 Å². The number of nitrogens with zero attached hydrogens (tertiary/aromatic N) is 4. The van der Waals surface area contributed by atoms with E-state index in [1.807, 2.05) is 14.1 Å². The van der Waals surface area contributed by atoms with Gasteiger partial charge in [-0.1, -0.05) is 16.4 Å². The zero-order valence-electron chi connectivity index (χ0n) is 8.47. The molecule has 0 atom stereocenters. The molecule has 7 heteroatoms. The summed E-state index contributed by atoms with van der Waals surface area (Å²) in [6.07, 6.45) is 3.41. The number of rotatable bonds is 4. The maximum atomic E-state index is 5.46. The van der Waals surface area contributed by atoms with E-state index in [1.54, 1.807) is 17.1 Å². The Morgan fingerprint density at radius 3 is 3.07 bits per heavy atom. The van der Waals surface area contributed by atoms with Crippen molar-refractivity contribution in [3.05, 3.63) is 17.4 Å². The third-order valence-corrected chi connectivity index (χ3v) is 2.46. The number of nitrogens with one attached hydrogen (secondary N) is 1. The Morgan fingerprint density at radius 1 is 1.53 bits per heavy atom. The molecule has 0 bridgehead atoms. The minimum atomic E-state index is 0.535. The highest BCUT2D eigenvalue weighted by molar-refractivity contribution is 7.13. The molecule has 0 aromatic carbocycles. The van der Waals surface area contributed by atoms with Crippen LogP contribution in [0.1, 0.15) is 5.01 Å². The molecule has 1 N–H and O–H groups in total. The average molecular weight is 225 g/mol. The lowest BCUT2D eigenvalue weighted by molar-refractivity contribution is 0.472. The third kappa shape index (κ3) is 2.51. The molecule has 0 amide bonds. The fourth-order valence-corrected chi connectivity index (χ4v) is 1.77. The minimum Gasteiger partial charge on any atom is -0.426 e. The van der Waals surface area contributed by atoms with Gasteiger partial charge in [-0.3, -0.25) is 4.68 Å². The SMILES string of the molecule is CNCc1nnc(Oc2cnn(C)c2)s1. The Labute approximate surface area is 90.9 Å². The van der Waals surface area contributed by atoms with E-state index >= 15 is 0 Å². The Bertz CT molecular complexity index is 438. The van der Waals surface area contributed by atoms with Crippen LogP contribution in [0.25, 0.3) is 0 Å². The summed E-state index contributed by atoms with van der Waals surface area (Å²) in [4.78, 5) is 0. The van der Waals surface area contributed by atoms with E-state index in [9.17, 15) is 0 Å². The molecule has 0 fully saturated rings. The van der Waals surface area contributed by atoms with E-state index in [0.717, 1.165) is 5.01 Å². The summed E-state index contributed by atoms with van der Waals surface area (Å²) < 4.78 is 7.13. The molecule has 0 saturated carbocycles. The summed E-state index contributed by atoms with van der Waals surface area (Å²) in [5, 5.41) is 16.3. The Kier molecular flexibility index (Phi) is 2.93. The van der Waals surface area contributed by atoms with Crippen molar-refractivity contribution in [1.82, 2.24) is 25.3 Å². The first-order chi connectivity index (χ1) is 7.28. The quantitative estimate of drug-likeness (QED) is 0.833. The van der Waals surface area contributed by atoms with E-state index in [-0.39, 0.29) is 0 Å². The molecule has 0 saturated heterocycles. The fourth-order valence-electron chi connectivity index (χ4n) is 1.05. The van der Waals surface area contributed by atoms with E-state index in [2.05, 4.69) is 20.6 Å². The van der Waals surface area contributed by atoms with Gasteiger partial charge in [0.05, 0.1) is 12.4 Å². The van der Waals surface area contributed by atoms with Crippen LogP contribution in [0.3, 0.4) is 0 Å². The van der Waals surface area contributed by atoms with Gasteiger partial charge in [-0.2, -0.15) is 5.10 Å². The van der Waals surface area contributed by atoms with Crippen LogP contribution >= 0.6 is 11.3 Å². The second-order valence-electron chi connectivity index (χ2n) is 2.94. The summed E-state index contributed by atoms with van der Waals surface area (Å²) >= 11 is 1.42. The first-order valence-corrected chi connectivity index (χ1v) is 5.23. The van der Waals surface area contributed by atoms with Gasteiger partial charge in [0.15, 0.2) is 5.75 Å². The summed E-state index contributed by atoms with van der Waals surface area (Å²) in [5.41, 5.74) is 0. The van der Waals surface area contributed by atoms with Crippen molar-refractivity contribution in [1.29, 1.82) is 0 Å². The van der Waals surface area contributed by atoms with Crippen LogP contribution in [0.2, 0.25) is 0 Å². The predicted molar refractivity (Wildman–Crippen MR) is 56.0 cm³/mol. The molecule has 15 heavy (non-hydrogen) atoms. The lowest BCUT2D eigenvalue weighted by Gasteiger charge is -1.93. The number of hydrogen-bond donors (Lipinski definition) is 1. The van der Waals surface area contributed by atoms with Crippen molar-refractivity contribution in [2.45, 2.75) is 6.54 Å². The van der Waals surface area contributed by atoms with Crippen LogP contribution in [0.5, 0.6) is 10.9 Å². The highest BCUT2D eigenvalue weighted by Gasteiger charge is 2.06. The third-order valence-electron chi connectivity index (χ3n) is 1.66. The molecule has 0 aliphatic heterocycles. The van der Waals surface area contributed by atoms with Crippen molar-refractivity contribution in [3.8, 4) is 10.9 Å². The molecule has 0 spiro atoms. The Hall–Kier alpha value is -1.47. The van der Waals surface area contributed by atoms with Crippen LogP contribution in [0.4, 0.5) is 0 Å². The van der Waals surface area contributed by atoms with Gasteiger partial charge >= 0.3 is 0 Å². The summed E-state index contributed by atoms with van der Waals surface area (Å²) in [6.45, 7) is 0.702. The molecule has 2 aromatic heterocycles. The minimum absolute atomic E-state index is 0.535. The van der Waals surface area contributed by atoms with Crippen LogP contribution in [0, 0.1) is 0 Å². The molecular weight excluding hydrogens is 214 g/mol. The van der Waals surface area contributed by atoms with E-state index in [1.165, 1.54) is 11.3 Å². The molecule has 0 aliphatic rings. The topological polar surface area (TPSA) is 64.9 Å². The first kappa shape index (κ1) is 10.1. The van der Waals surface area contributed by atoms with Gasteiger partial charge in [0, 0.05) is 13.6 Å². The lowest BCUT2D eigenvalue weighted by Crippen LogP contribution is -2.04. The molecule has 2 aromatic rings. The molecule has 2 rings (SSSR count). The number of aromatic nitrogens is 4. The first-order valence-electron chi connectivity index (χ1n) is 4.41. The molecule has 80 valence electrons. The predicted octanol–water partition coefficient (Wildman–Crippen LogP) is 0.783.